The third kappa shape index (κ3) is 1.56. The number of hydrogen-bond acceptors (Lipinski definition) is 1. The number of alkyl halides is 2. The van der Waals surface area contributed by atoms with Gasteiger partial charge in [0, 0.05) is 6.54 Å². The molecule has 0 radical (unpaired) electrons. The summed E-state index contributed by atoms with van der Waals surface area (Å²) in [5.74, 6) is 0. The molecule has 0 saturated heterocycles. The molecule has 0 amide bonds. The lowest BCUT2D eigenvalue weighted by molar-refractivity contribution is 0.180. The average Bonchev–Trinajstić information content (AvgIpc) is 1.88. The highest BCUT2D eigenvalue weighted by molar-refractivity contribution is 5.23. The Hall–Kier alpha value is -0.860. The minimum atomic E-state index is -2.37. The summed E-state index contributed by atoms with van der Waals surface area (Å²) in [5, 5.41) is 2.61. The van der Waals surface area contributed by atoms with E-state index in [0.717, 1.165) is 5.57 Å². The summed E-state index contributed by atoms with van der Waals surface area (Å²) >= 11 is 0. The molecule has 0 aromatic rings. The SMILES string of the molecule is CC1=CC=C(C(F)F)NC1. The molecule has 0 atom stereocenters. The minimum Gasteiger partial charge on any atom is -0.380 e. The number of halogens is 2. The topological polar surface area (TPSA) is 12.0 Å². The summed E-state index contributed by atoms with van der Waals surface area (Å²) in [6, 6.07) is 0. The fourth-order valence-corrected chi connectivity index (χ4v) is 0.741. The van der Waals surface area contributed by atoms with Gasteiger partial charge in [0.2, 0.25) is 0 Å². The molecule has 0 bridgehead atoms. The summed E-state index contributed by atoms with van der Waals surface area (Å²) in [6.45, 7) is 2.43. The molecule has 3 heteroatoms. The van der Waals surface area contributed by atoms with Crippen LogP contribution in [-0.4, -0.2) is 13.0 Å². The van der Waals surface area contributed by atoms with Crippen molar-refractivity contribution in [1.82, 2.24) is 5.32 Å². The highest BCUT2D eigenvalue weighted by Gasteiger charge is 2.11. The maximum Gasteiger partial charge on any atom is 0.277 e. The number of dihydropyridines is 1. The van der Waals surface area contributed by atoms with Crippen LogP contribution >= 0.6 is 0 Å². The van der Waals surface area contributed by atoms with Crippen molar-refractivity contribution in [2.45, 2.75) is 13.3 Å². The monoisotopic (exact) mass is 145 g/mol. The third-order valence-corrected chi connectivity index (χ3v) is 1.35. The Labute approximate surface area is 58.4 Å². The van der Waals surface area contributed by atoms with E-state index in [1.807, 2.05) is 6.92 Å². The summed E-state index contributed by atoms with van der Waals surface area (Å²) in [4.78, 5) is 0. The van der Waals surface area contributed by atoms with Crippen LogP contribution in [-0.2, 0) is 0 Å². The molecule has 0 aromatic heterocycles. The molecule has 56 valence electrons. The Morgan fingerprint density at radius 3 is 2.60 bits per heavy atom. The first-order valence-electron chi connectivity index (χ1n) is 3.09. The maximum atomic E-state index is 11.9. The summed E-state index contributed by atoms with van der Waals surface area (Å²) < 4.78 is 23.8. The first kappa shape index (κ1) is 7.25. The zero-order valence-electron chi connectivity index (χ0n) is 5.70. The van der Waals surface area contributed by atoms with Gasteiger partial charge in [0.25, 0.3) is 6.43 Å². The highest BCUT2D eigenvalue weighted by atomic mass is 19.3. The Morgan fingerprint density at radius 1 is 1.50 bits per heavy atom. The Balaban J connectivity index is 2.64. The van der Waals surface area contributed by atoms with Crippen LogP contribution in [0.2, 0.25) is 0 Å². The van der Waals surface area contributed by atoms with E-state index in [-0.39, 0.29) is 5.70 Å². The summed E-state index contributed by atoms with van der Waals surface area (Å²) in [6.07, 6.45) is 0.756. The van der Waals surface area contributed by atoms with Crippen LogP contribution in [0, 0.1) is 0 Å². The highest BCUT2D eigenvalue weighted by Crippen LogP contribution is 2.10. The standard InChI is InChI=1S/C7H9F2N/c1-5-2-3-6(7(8)9)10-4-5/h2-3,7,10H,4H2,1H3. The first-order chi connectivity index (χ1) is 4.70. The van der Waals surface area contributed by atoms with Gasteiger partial charge in [0.15, 0.2) is 0 Å². The average molecular weight is 145 g/mol. The maximum absolute atomic E-state index is 11.9. The lowest BCUT2D eigenvalue weighted by Crippen LogP contribution is -2.23. The summed E-state index contributed by atoms with van der Waals surface area (Å²) in [5.41, 5.74) is 1.09. The van der Waals surface area contributed by atoms with E-state index in [1.54, 1.807) is 6.08 Å². The Morgan fingerprint density at radius 2 is 2.20 bits per heavy atom. The first-order valence-corrected chi connectivity index (χ1v) is 3.09. The van der Waals surface area contributed by atoms with Crippen LogP contribution in [0.25, 0.3) is 0 Å². The van der Waals surface area contributed by atoms with E-state index in [2.05, 4.69) is 5.32 Å². The van der Waals surface area contributed by atoms with Gasteiger partial charge >= 0.3 is 0 Å². The minimum absolute atomic E-state index is 0.0191. The molecule has 0 aliphatic carbocycles. The molecule has 1 aliphatic rings. The van der Waals surface area contributed by atoms with Crippen molar-refractivity contribution < 1.29 is 8.78 Å². The van der Waals surface area contributed by atoms with Crippen molar-refractivity contribution in [3.63, 3.8) is 0 Å². The molecule has 0 fully saturated rings. The number of rotatable bonds is 1. The molecular formula is C7H9F2N. The Kier molecular flexibility index (Phi) is 2.04. The zero-order valence-corrected chi connectivity index (χ0v) is 5.70. The number of allylic oxidation sites excluding steroid dienone is 3. The van der Waals surface area contributed by atoms with Crippen molar-refractivity contribution in [2.75, 3.05) is 6.54 Å². The van der Waals surface area contributed by atoms with E-state index in [4.69, 9.17) is 0 Å². The molecule has 1 N–H and O–H groups in total. The molecule has 10 heavy (non-hydrogen) atoms. The molecule has 1 nitrogen and oxygen atoms in total. The van der Waals surface area contributed by atoms with Gasteiger partial charge in [-0.25, -0.2) is 8.78 Å². The molecule has 1 heterocycles. The molecule has 0 saturated carbocycles. The van der Waals surface area contributed by atoms with Crippen molar-refractivity contribution in [1.29, 1.82) is 0 Å². The van der Waals surface area contributed by atoms with Gasteiger partial charge in [-0.1, -0.05) is 11.6 Å². The zero-order chi connectivity index (χ0) is 7.56. The van der Waals surface area contributed by atoms with Gasteiger partial charge in [0.05, 0.1) is 5.70 Å². The lowest BCUT2D eigenvalue weighted by atomic mass is 10.2. The summed E-state index contributed by atoms with van der Waals surface area (Å²) in [7, 11) is 0. The lowest BCUT2D eigenvalue weighted by Gasteiger charge is -2.13. The van der Waals surface area contributed by atoms with Crippen LogP contribution < -0.4 is 5.32 Å². The predicted octanol–water partition coefficient (Wildman–Crippen LogP) is 1.68. The van der Waals surface area contributed by atoms with E-state index in [1.165, 1.54) is 6.08 Å². The van der Waals surface area contributed by atoms with E-state index < -0.39 is 6.43 Å². The molecule has 1 aliphatic heterocycles. The largest absolute Gasteiger partial charge is 0.380 e. The number of nitrogens with one attached hydrogen (secondary N) is 1. The Bertz CT molecular complexity index is 182. The van der Waals surface area contributed by atoms with Gasteiger partial charge in [-0.05, 0) is 13.0 Å². The second-order valence-electron chi connectivity index (χ2n) is 2.29. The van der Waals surface area contributed by atoms with E-state index >= 15 is 0 Å². The van der Waals surface area contributed by atoms with Crippen molar-refractivity contribution in [3.8, 4) is 0 Å². The van der Waals surface area contributed by atoms with Crippen LogP contribution in [0.1, 0.15) is 6.92 Å². The third-order valence-electron chi connectivity index (χ3n) is 1.35. The van der Waals surface area contributed by atoms with Crippen molar-refractivity contribution in [3.05, 3.63) is 23.4 Å². The fourth-order valence-electron chi connectivity index (χ4n) is 0.741. The molecule has 1 rings (SSSR count). The smallest absolute Gasteiger partial charge is 0.277 e. The van der Waals surface area contributed by atoms with Crippen LogP contribution in [0.4, 0.5) is 8.78 Å². The second-order valence-corrected chi connectivity index (χ2v) is 2.29. The van der Waals surface area contributed by atoms with Crippen molar-refractivity contribution >= 4 is 0 Å². The van der Waals surface area contributed by atoms with Gasteiger partial charge in [-0.2, -0.15) is 0 Å². The molecule has 0 unspecified atom stereocenters. The van der Waals surface area contributed by atoms with Gasteiger partial charge in [0.1, 0.15) is 0 Å². The second kappa shape index (κ2) is 2.82. The van der Waals surface area contributed by atoms with Gasteiger partial charge in [-0.3, -0.25) is 0 Å². The fraction of sp³-hybridized carbons (Fsp3) is 0.429. The van der Waals surface area contributed by atoms with Crippen LogP contribution in [0.3, 0.4) is 0 Å². The van der Waals surface area contributed by atoms with Crippen LogP contribution in [0.5, 0.6) is 0 Å². The van der Waals surface area contributed by atoms with Gasteiger partial charge < -0.3 is 5.32 Å². The van der Waals surface area contributed by atoms with E-state index in [9.17, 15) is 8.78 Å². The quantitative estimate of drug-likeness (QED) is 0.592. The predicted molar refractivity (Wildman–Crippen MR) is 35.8 cm³/mol. The number of hydrogen-bond donors (Lipinski definition) is 1. The van der Waals surface area contributed by atoms with Crippen molar-refractivity contribution in [2.24, 2.45) is 0 Å². The van der Waals surface area contributed by atoms with Gasteiger partial charge in [-0.15, -0.1) is 0 Å². The molecule has 0 aromatic carbocycles. The molecular weight excluding hydrogens is 136 g/mol. The molecule has 0 spiro atoms. The van der Waals surface area contributed by atoms with Crippen LogP contribution in [0.15, 0.2) is 23.4 Å². The van der Waals surface area contributed by atoms with E-state index in [0.29, 0.717) is 6.54 Å². The normalized spacial score (nSPS) is 18.0.